The molecule has 0 aliphatic carbocycles. The Labute approximate surface area is 315 Å². The van der Waals surface area contributed by atoms with Gasteiger partial charge in [0.25, 0.3) is 0 Å². The Bertz CT molecular complexity index is 1950. The Morgan fingerprint density at radius 1 is 0.509 bits per heavy atom. The van der Waals surface area contributed by atoms with Gasteiger partial charge in [0.15, 0.2) is 46.5 Å². The van der Waals surface area contributed by atoms with E-state index in [9.17, 15) is 62.3 Å². The predicted molar refractivity (Wildman–Crippen MR) is 173 cm³/mol. The molecule has 3 aromatic rings. The van der Waals surface area contributed by atoms with Gasteiger partial charge in [-0.25, -0.2) is 43.9 Å². The zero-order valence-corrected chi connectivity index (χ0v) is 30.8. The van der Waals surface area contributed by atoms with Gasteiger partial charge in [0.2, 0.25) is 11.6 Å². The number of carbonyl (C=O) groups excluding carboxylic acids is 2. The van der Waals surface area contributed by atoms with Gasteiger partial charge in [-0.15, -0.1) is 0 Å². The van der Waals surface area contributed by atoms with Crippen LogP contribution in [-0.2, 0) is 9.59 Å². The fraction of sp³-hybridized carbons (Fsp3) is 0.459. The Kier molecular flexibility index (Phi) is 13.8. The summed E-state index contributed by atoms with van der Waals surface area (Å²) < 4.78 is 236. The van der Waals surface area contributed by atoms with E-state index in [0.29, 0.717) is 0 Å². The summed E-state index contributed by atoms with van der Waals surface area (Å²) in [6.45, 7) is 8.22. The minimum absolute atomic E-state index is 0.00759. The Morgan fingerprint density at radius 2 is 0.789 bits per heavy atom. The van der Waals surface area contributed by atoms with E-state index in [4.69, 9.17) is 0 Å². The number of carbonyl (C=O) groups is 2. The fourth-order valence-corrected chi connectivity index (χ4v) is 6.45. The summed E-state index contributed by atoms with van der Waals surface area (Å²) in [4.78, 5) is 24.8. The van der Waals surface area contributed by atoms with E-state index >= 15 is 17.6 Å². The van der Waals surface area contributed by atoms with E-state index in [2.05, 4.69) is 0 Å². The van der Waals surface area contributed by atoms with Gasteiger partial charge >= 0.3 is 24.2 Å². The van der Waals surface area contributed by atoms with Crippen molar-refractivity contribution in [2.24, 2.45) is 10.8 Å². The molecule has 0 aliphatic rings. The van der Waals surface area contributed by atoms with Gasteiger partial charge in [0, 0.05) is 0 Å². The Morgan fingerprint density at radius 3 is 1.05 bits per heavy atom. The predicted octanol–water partition coefficient (Wildman–Crippen LogP) is 12.4. The summed E-state index contributed by atoms with van der Waals surface area (Å²) >= 11 is 0. The van der Waals surface area contributed by atoms with Crippen molar-refractivity contribution in [3.05, 3.63) is 93.6 Å². The van der Waals surface area contributed by atoms with E-state index < -0.39 is 150 Å². The molecule has 3 rings (SSSR count). The van der Waals surface area contributed by atoms with Crippen molar-refractivity contribution in [2.45, 2.75) is 98.1 Å². The maximum absolute atomic E-state index is 15.5. The number of rotatable bonds is 13. The zero-order chi connectivity index (χ0) is 43.9. The van der Waals surface area contributed by atoms with Crippen LogP contribution in [0.15, 0.2) is 24.3 Å². The molecular formula is C37H34F16N2O2. The van der Waals surface area contributed by atoms with E-state index in [1.165, 1.54) is 34.6 Å². The van der Waals surface area contributed by atoms with E-state index in [1.54, 1.807) is 6.92 Å². The van der Waals surface area contributed by atoms with Crippen LogP contribution in [0.4, 0.5) is 81.6 Å². The van der Waals surface area contributed by atoms with Crippen LogP contribution in [0.1, 0.15) is 96.9 Å². The first-order valence-electron chi connectivity index (χ1n) is 16.9. The van der Waals surface area contributed by atoms with Crippen molar-refractivity contribution in [2.75, 3.05) is 9.80 Å². The highest BCUT2D eigenvalue weighted by atomic mass is 19.4. The van der Waals surface area contributed by atoms with Crippen molar-refractivity contribution in [3.8, 4) is 0 Å². The molecule has 57 heavy (non-hydrogen) atoms. The molecule has 0 bridgehead atoms. The first-order chi connectivity index (χ1) is 26.0. The van der Waals surface area contributed by atoms with Crippen LogP contribution in [0.3, 0.4) is 0 Å². The second-order valence-corrected chi connectivity index (χ2v) is 14.7. The molecule has 0 radical (unpaired) electrons. The summed E-state index contributed by atoms with van der Waals surface area (Å²) in [5.74, 6) is -35.2. The minimum atomic E-state index is -6.18. The highest BCUT2D eigenvalue weighted by Gasteiger charge is 2.52. The molecule has 3 aromatic carbocycles. The van der Waals surface area contributed by atoms with Crippen LogP contribution in [0, 0.1) is 69.0 Å². The van der Waals surface area contributed by atoms with Gasteiger partial charge < -0.3 is 0 Å². The molecule has 0 aromatic heterocycles. The van der Waals surface area contributed by atoms with Gasteiger partial charge in [0.05, 0.1) is 12.1 Å². The molecule has 0 aliphatic heterocycles. The number of hydrogen-bond donors (Lipinski definition) is 0. The minimum Gasteiger partial charge on any atom is -0.292 e. The molecule has 2 unspecified atom stereocenters. The molecule has 4 nitrogen and oxygen atoms in total. The standard InChI is InChI=1S/C37H34F16N2O2/c1-7-13-35(5,6)15-19(55(33(57)37(51,52)53)31-28(46)24(42)21(39)25(43)29(31)47)17-12-10-9-11-16(17)18(14-34(3,4)8-2)54(32(56)36(48,49)50)30-26(44)22(40)20(38)23(41)27(30)45/h9-12,18-19H,7-8,13-15H2,1-6H3. The normalized spacial score (nSPS) is 13.8. The number of hydrogen-bond acceptors (Lipinski definition) is 2. The second kappa shape index (κ2) is 16.8. The SMILES string of the molecule is CCCC(C)(C)CC(c1ccccc1C(CC(C)(C)CC)N(C(=O)C(F)(F)F)c1c(F)c(F)c(F)c(F)c1F)N(C(=O)C(F)(F)F)c1c(F)c(F)c(F)c(F)c1F. The lowest BCUT2D eigenvalue weighted by Crippen LogP contribution is -2.48. The third-order valence-corrected chi connectivity index (χ3v) is 9.49. The lowest BCUT2D eigenvalue weighted by atomic mass is 9.75. The molecule has 0 N–H and O–H groups in total. The number of benzene rings is 3. The summed E-state index contributed by atoms with van der Waals surface area (Å²) in [6.07, 6.45) is -14.1. The summed E-state index contributed by atoms with van der Waals surface area (Å²) in [6, 6.07) is -1.91. The molecule has 0 fully saturated rings. The van der Waals surface area contributed by atoms with E-state index in [1.807, 2.05) is 0 Å². The summed E-state index contributed by atoms with van der Waals surface area (Å²) in [5, 5.41) is 0. The Balaban J connectivity index is 2.71. The van der Waals surface area contributed by atoms with Gasteiger partial charge in [-0.3, -0.25) is 19.4 Å². The number of nitrogens with zero attached hydrogens (tertiary/aromatic N) is 2. The van der Waals surface area contributed by atoms with Crippen molar-refractivity contribution in [1.82, 2.24) is 0 Å². The second-order valence-electron chi connectivity index (χ2n) is 14.7. The molecule has 20 heteroatoms. The topological polar surface area (TPSA) is 40.6 Å². The van der Waals surface area contributed by atoms with Crippen LogP contribution in [0.25, 0.3) is 0 Å². The van der Waals surface area contributed by atoms with Crippen LogP contribution in [0.2, 0.25) is 0 Å². The summed E-state index contributed by atoms with van der Waals surface area (Å²) in [7, 11) is 0. The fourth-order valence-electron chi connectivity index (χ4n) is 6.45. The van der Waals surface area contributed by atoms with Crippen LogP contribution in [-0.4, -0.2) is 24.2 Å². The number of alkyl halides is 6. The van der Waals surface area contributed by atoms with Gasteiger partial charge in [0.1, 0.15) is 11.4 Å². The number of anilines is 2. The summed E-state index contributed by atoms with van der Waals surface area (Å²) in [5.41, 5.74) is -9.51. The average Bonchev–Trinajstić information content (AvgIpc) is 3.12. The third-order valence-electron chi connectivity index (χ3n) is 9.49. The molecular weight excluding hydrogens is 808 g/mol. The molecule has 0 saturated carbocycles. The van der Waals surface area contributed by atoms with Crippen LogP contribution < -0.4 is 9.80 Å². The molecule has 0 spiro atoms. The first kappa shape index (κ1) is 46.9. The van der Waals surface area contributed by atoms with E-state index in [-0.39, 0.29) is 19.3 Å². The lowest BCUT2D eigenvalue weighted by molar-refractivity contribution is -0.171. The molecule has 316 valence electrons. The highest BCUT2D eigenvalue weighted by molar-refractivity contribution is 5.99. The highest BCUT2D eigenvalue weighted by Crippen LogP contribution is 2.49. The molecule has 0 saturated heterocycles. The van der Waals surface area contributed by atoms with Gasteiger partial charge in [-0.05, 0) is 41.2 Å². The van der Waals surface area contributed by atoms with Gasteiger partial charge in [-0.1, -0.05) is 78.6 Å². The maximum Gasteiger partial charge on any atom is 0.471 e. The maximum atomic E-state index is 15.5. The zero-order valence-electron chi connectivity index (χ0n) is 30.8. The third kappa shape index (κ3) is 9.45. The number of halogens is 16. The van der Waals surface area contributed by atoms with Crippen LogP contribution >= 0.6 is 0 Å². The smallest absolute Gasteiger partial charge is 0.292 e. The van der Waals surface area contributed by atoms with Gasteiger partial charge in [-0.2, -0.15) is 26.3 Å². The first-order valence-corrected chi connectivity index (χ1v) is 16.9. The van der Waals surface area contributed by atoms with Crippen molar-refractivity contribution in [1.29, 1.82) is 0 Å². The molecule has 0 heterocycles. The molecule has 2 atom stereocenters. The van der Waals surface area contributed by atoms with Crippen molar-refractivity contribution in [3.63, 3.8) is 0 Å². The largest absolute Gasteiger partial charge is 0.471 e. The van der Waals surface area contributed by atoms with Crippen molar-refractivity contribution >= 4 is 23.2 Å². The number of amides is 2. The quantitative estimate of drug-likeness (QED) is 0.0977. The monoisotopic (exact) mass is 842 g/mol. The Hall–Kier alpha value is -4.52. The molecule has 2 amide bonds. The van der Waals surface area contributed by atoms with E-state index in [0.717, 1.165) is 24.3 Å². The van der Waals surface area contributed by atoms with Crippen LogP contribution in [0.5, 0.6) is 0 Å². The lowest BCUT2D eigenvalue weighted by Gasteiger charge is -2.42. The van der Waals surface area contributed by atoms with Crippen molar-refractivity contribution < 1.29 is 79.8 Å². The average molecular weight is 843 g/mol.